The monoisotopic (exact) mass is 479 g/mol. The van der Waals surface area contributed by atoms with Crippen LogP contribution in [0.1, 0.15) is 37.4 Å². The predicted molar refractivity (Wildman–Crippen MR) is 137 cm³/mol. The molecule has 7 nitrogen and oxygen atoms in total. The van der Waals surface area contributed by atoms with Crippen LogP contribution >= 0.6 is 11.8 Å². The van der Waals surface area contributed by atoms with Gasteiger partial charge < -0.3 is 15.0 Å². The molecule has 3 aromatic rings. The Morgan fingerprint density at radius 1 is 1.06 bits per heavy atom. The lowest BCUT2D eigenvalue weighted by Crippen LogP contribution is -2.38. The zero-order valence-electron chi connectivity index (χ0n) is 20.1. The molecule has 4 rings (SSSR count). The number of aromatic nitrogens is 3. The van der Waals surface area contributed by atoms with Gasteiger partial charge in [0.05, 0.1) is 30.7 Å². The number of hydrogen-bond acceptors (Lipinski definition) is 6. The van der Waals surface area contributed by atoms with E-state index in [-0.39, 0.29) is 17.7 Å². The highest BCUT2D eigenvalue weighted by atomic mass is 32.2. The lowest BCUT2D eigenvalue weighted by Gasteiger charge is -2.28. The summed E-state index contributed by atoms with van der Waals surface area (Å²) in [6.45, 7) is 9.30. The number of carbonyl (C=O) groups is 1. The molecule has 2 heterocycles. The van der Waals surface area contributed by atoms with Crippen molar-refractivity contribution < 1.29 is 9.53 Å². The van der Waals surface area contributed by atoms with Gasteiger partial charge in [0.2, 0.25) is 11.9 Å². The largest absolute Gasteiger partial charge is 0.378 e. The highest BCUT2D eigenvalue weighted by Crippen LogP contribution is 2.29. The van der Waals surface area contributed by atoms with Gasteiger partial charge in [-0.25, -0.2) is 0 Å². The summed E-state index contributed by atoms with van der Waals surface area (Å²) in [6.07, 6.45) is 0.890. The first-order valence-corrected chi connectivity index (χ1v) is 12.8. The summed E-state index contributed by atoms with van der Waals surface area (Å²) >= 11 is 1.42. The normalized spacial score (nSPS) is 14.9. The number of nitrogens with one attached hydrogen (secondary N) is 1. The average molecular weight is 480 g/mol. The minimum Gasteiger partial charge on any atom is -0.378 e. The minimum absolute atomic E-state index is 0.00699. The van der Waals surface area contributed by atoms with Crippen LogP contribution in [0.3, 0.4) is 0 Å². The summed E-state index contributed by atoms with van der Waals surface area (Å²) in [4.78, 5) is 15.2. The molecule has 1 aliphatic heterocycles. The first-order valence-electron chi connectivity index (χ1n) is 11.8. The van der Waals surface area contributed by atoms with Crippen LogP contribution in [0.15, 0.2) is 59.8 Å². The molecule has 0 saturated carbocycles. The van der Waals surface area contributed by atoms with Crippen molar-refractivity contribution in [2.24, 2.45) is 5.92 Å². The van der Waals surface area contributed by atoms with Crippen LogP contribution in [-0.4, -0.2) is 52.7 Å². The van der Waals surface area contributed by atoms with E-state index in [1.54, 1.807) is 0 Å². The van der Waals surface area contributed by atoms with Crippen LogP contribution in [-0.2, 0) is 9.53 Å². The van der Waals surface area contributed by atoms with Crippen molar-refractivity contribution in [3.05, 3.63) is 65.7 Å². The van der Waals surface area contributed by atoms with E-state index in [0.717, 1.165) is 42.3 Å². The number of benzene rings is 2. The van der Waals surface area contributed by atoms with Crippen molar-refractivity contribution >= 4 is 23.6 Å². The fourth-order valence-corrected chi connectivity index (χ4v) is 4.90. The SMILES string of the molecule is Cc1ccccc1-n1c(SCC(=O)NC(CC(C)C)c2ccccc2)nnc1N1CCOCC1. The number of amides is 1. The van der Waals surface area contributed by atoms with Crippen molar-refractivity contribution in [2.45, 2.75) is 38.4 Å². The number of rotatable bonds is 9. The third-order valence-corrected chi connectivity index (χ3v) is 6.77. The number of hydrogen-bond donors (Lipinski definition) is 1. The molecule has 0 radical (unpaired) electrons. The lowest BCUT2D eigenvalue weighted by atomic mass is 9.97. The Kier molecular flexibility index (Phi) is 8.24. The van der Waals surface area contributed by atoms with E-state index >= 15 is 0 Å². The number of morpholine rings is 1. The summed E-state index contributed by atoms with van der Waals surface area (Å²) in [5, 5.41) is 12.9. The zero-order valence-corrected chi connectivity index (χ0v) is 20.9. The third-order valence-electron chi connectivity index (χ3n) is 5.84. The van der Waals surface area contributed by atoms with Crippen molar-refractivity contribution in [1.29, 1.82) is 0 Å². The standard InChI is InChI=1S/C26H33N5O2S/c1-19(2)17-22(21-10-5-4-6-11-21)27-24(32)18-34-26-29-28-25(30-13-15-33-16-14-30)31(26)23-12-8-7-9-20(23)3/h4-12,19,22H,13-18H2,1-3H3,(H,27,32). The molecule has 0 bridgehead atoms. The van der Waals surface area contributed by atoms with Crippen LogP contribution in [0.4, 0.5) is 5.95 Å². The Bertz CT molecular complexity index is 1080. The van der Waals surface area contributed by atoms with Crippen molar-refractivity contribution in [1.82, 2.24) is 20.1 Å². The minimum atomic E-state index is -0.00763. The van der Waals surface area contributed by atoms with Crippen molar-refractivity contribution in [3.63, 3.8) is 0 Å². The Morgan fingerprint density at radius 2 is 1.76 bits per heavy atom. The second-order valence-electron chi connectivity index (χ2n) is 8.95. The molecule has 1 fully saturated rings. The summed E-state index contributed by atoms with van der Waals surface area (Å²) in [7, 11) is 0. The van der Waals surface area contributed by atoms with Gasteiger partial charge in [0, 0.05) is 13.1 Å². The van der Waals surface area contributed by atoms with E-state index in [1.807, 2.05) is 30.3 Å². The van der Waals surface area contributed by atoms with Gasteiger partial charge in [-0.2, -0.15) is 0 Å². The van der Waals surface area contributed by atoms with Crippen molar-refractivity contribution in [3.8, 4) is 5.69 Å². The first-order chi connectivity index (χ1) is 16.5. The maximum Gasteiger partial charge on any atom is 0.232 e. The average Bonchev–Trinajstić information content (AvgIpc) is 3.27. The van der Waals surface area contributed by atoms with Gasteiger partial charge in [0.1, 0.15) is 0 Å². The number of ether oxygens (including phenoxy) is 1. The number of anilines is 1. The van der Waals surface area contributed by atoms with Gasteiger partial charge in [-0.1, -0.05) is 74.1 Å². The Hall–Kier alpha value is -2.84. The molecule has 180 valence electrons. The van der Waals surface area contributed by atoms with E-state index < -0.39 is 0 Å². The summed E-state index contributed by atoms with van der Waals surface area (Å²) in [6, 6.07) is 18.4. The van der Waals surface area contributed by atoms with Crippen LogP contribution in [0.2, 0.25) is 0 Å². The smallest absolute Gasteiger partial charge is 0.232 e. The van der Waals surface area contributed by atoms with E-state index in [0.29, 0.717) is 24.3 Å². The van der Waals surface area contributed by atoms with Gasteiger partial charge in [-0.05, 0) is 36.5 Å². The quantitative estimate of drug-likeness (QED) is 0.459. The van der Waals surface area contributed by atoms with E-state index in [1.165, 1.54) is 11.8 Å². The molecule has 0 aliphatic carbocycles. The van der Waals surface area contributed by atoms with Gasteiger partial charge in [-0.3, -0.25) is 9.36 Å². The summed E-state index contributed by atoms with van der Waals surface area (Å²) in [5.41, 5.74) is 3.29. The Labute approximate surface area is 205 Å². The molecule has 1 aromatic heterocycles. The second-order valence-corrected chi connectivity index (χ2v) is 9.90. The molecule has 1 amide bonds. The molecule has 0 spiro atoms. The number of aryl methyl sites for hydroxylation is 1. The summed E-state index contributed by atoms with van der Waals surface area (Å²) in [5.74, 6) is 1.53. The number of carbonyl (C=O) groups excluding carboxylic acids is 1. The zero-order chi connectivity index (χ0) is 23.9. The highest BCUT2D eigenvalue weighted by molar-refractivity contribution is 7.99. The maximum atomic E-state index is 13.0. The molecule has 34 heavy (non-hydrogen) atoms. The Morgan fingerprint density at radius 3 is 2.47 bits per heavy atom. The number of thioether (sulfide) groups is 1. The van der Waals surface area contributed by atoms with Crippen LogP contribution < -0.4 is 10.2 Å². The molecule has 1 saturated heterocycles. The molecule has 1 atom stereocenters. The third kappa shape index (κ3) is 5.98. The topological polar surface area (TPSA) is 72.3 Å². The number of nitrogens with zero attached hydrogens (tertiary/aromatic N) is 4. The van der Waals surface area contributed by atoms with Gasteiger partial charge in [-0.15, -0.1) is 10.2 Å². The first kappa shape index (κ1) is 24.3. The van der Waals surface area contributed by atoms with E-state index in [4.69, 9.17) is 4.74 Å². The second kappa shape index (κ2) is 11.5. The van der Waals surface area contributed by atoms with Gasteiger partial charge in [0.25, 0.3) is 0 Å². The van der Waals surface area contributed by atoms with Crippen LogP contribution in [0.25, 0.3) is 5.69 Å². The van der Waals surface area contributed by atoms with Crippen LogP contribution in [0, 0.1) is 12.8 Å². The molecule has 2 aromatic carbocycles. The molecule has 1 unspecified atom stereocenters. The summed E-state index contributed by atoms with van der Waals surface area (Å²) < 4.78 is 7.59. The van der Waals surface area contributed by atoms with Gasteiger partial charge >= 0.3 is 0 Å². The fraction of sp³-hybridized carbons (Fsp3) is 0.423. The predicted octanol–water partition coefficient (Wildman–Crippen LogP) is 4.41. The molecule has 8 heteroatoms. The lowest BCUT2D eigenvalue weighted by molar-refractivity contribution is -0.119. The van der Waals surface area contributed by atoms with Crippen LogP contribution in [0.5, 0.6) is 0 Å². The molecule has 1 aliphatic rings. The van der Waals surface area contributed by atoms with Gasteiger partial charge in [0.15, 0.2) is 5.16 Å². The molecular weight excluding hydrogens is 446 g/mol. The van der Waals surface area contributed by atoms with Crippen molar-refractivity contribution in [2.75, 3.05) is 37.0 Å². The molecule has 1 N–H and O–H groups in total. The van der Waals surface area contributed by atoms with E-state index in [9.17, 15) is 4.79 Å². The Balaban J connectivity index is 1.52. The molecular formula is C26H33N5O2S. The fourth-order valence-electron chi connectivity index (χ4n) is 4.15. The maximum absolute atomic E-state index is 13.0. The highest BCUT2D eigenvalue weighted by Gasteiger charge is 2.23. The number of para-hydroxylation sites is 1. The van der Waals surface area contributed by atoms with E-state index in [2.05, 4.69) is 70.0 Å².